The van der Waals surface area contributed by atoms with Gasteiger partial charge in [-0.3, -0.25) is 4.79 Å². The van der Waals surface area contributed by atoms with Crippen LogP contribution in [-0.4, -0.2) is 21.0 Å². The molecule has 0 amide bonds. The monoisotopic (exact) mass is 194 g/mol. The molecule has 1 heterocycles. The number of nitrogens with zero attached hydrogens (tertiary/aromatic N) is 2. The highest BCUT2D eigenvalue weighted by atomic mass is 16.4. The minimum Gasteiger partial charge on any atom is -0.481 e. The predicted octanol–water partition coefficient (Wildman–Crippen LogP) is 1.52. The van der Waals surface area contributed by atoms with Gasteiger partial charge in [0.1, 0.15) is 5.82 Å². The Morgan fingerprint density at radius 1 is 1.50 bits per heavy atom. The van der Waals surface area contributed by atoms with Crippen LogP contribution in [0.4, 0.5) is 0 Å². The van der Waals surface area contributed by atoms with Gasteiger partial charge < -0.3 is 5.11 Å². The molecule has 0 saturated heterocycles. The fourth-order valence-corrected chi connectivity index (χ4v) is 1.12. The maximum Gasteiger partial charge on any atom is 0.309 e. The molecule has 1 unspecified atom stereocenters. The van der Waals surface area contributed by atoms with E-state index in [1.807, 2.05) is 6.92 Å². The third kappa shape index (κ3) is 2.28. The Kier molecular flexibility index (Phi) is 3.17. The molecule has 0 spiro atoms. The van der Waals surface area contributed by atoms with Gasteiger partial charge in [-0.2, -0.15) is 0 Å². The minimum atomic E-state index is -0.799. The lowest BCUT2D eigenvalue weighted by atomic mass is 9.84. The summed E-state index contributed by atoms with van der Waals surface area (Å²) < 4.78 is 0. The van der Waals surface area contributed by atoms with Gasteiger partial charge in [-0.05, 0) is 19.4 Å². The third-order valence-corrected chi connectivity index (χ3v) is 2.46. The molecule has 1 aromatic rings. The molecule has 0 fully saturated rings. The van der Waals surface area contributed by atoms with Crippen molar-refractivity contribution in [3.63, 3.8) is 0 Å². The highest BCUT2D eigenvalue weighted by molar-refractivity contribution is 5.74. The number of carboxylic acids is 1. The zero-order valence-corrected chi connectivity index (χ0v) is 8.40. The molecule has 1 rings (SSSR count). The lowest BCUT2D eigenvalue weighted by Crippen LogP contribution is -2.29. The molecule has 1 N–H and O–H groups in total. The summed E-state index contributed by atoms with van der Waals surface area (Å²) in [6, 6.07) is 1.72. The van der Waals surface area contributed by atoms with E-state index in [1.165, 1.54) is 0 Å². The second-order valence-corrected chi connectivity index (χ2v) is 3.56. The smallest absolute Gasteiger partial charge is 0.309 e. The average molecular weight is 194 g/mol. The zero-order chi connectivity index (χ0) is 10.6. The van der Waals surface area contributed by atoms with E-state index in [9.17, 15) is 4.79 Å². The first-order valence-corrected chi connectivity index (χ1v) is 4.58. The quantitative estimate of drug-likeness (QED) is 0.789. The van der Waals surface area contributed by atoms with Gasteiger partial charge in [0, 0.05) is 18.8 Å². The van der Waals surface area contributed by atoms with Crippen LogP contribution >= 0.6 is 0 Å². The lowest BCUT2D eigenvalue weighted by molar-refractivity contribution is -0.148. The molecule has 0 aliphatic rings. The van der Waals surface area contributed by atoms with Crippen LogP contribution in [0, 0.1) is 5.41 Å². The van der Waals surface area contributed by atoms with E-state index in [4.69, 9.17) is 5.11 Å². The molecular formula is C10H14N2O2. The third-order valence-electron chi connectivity index (χ3n) is 2.46. The molecule has 0 aliphatic carbocycles. The van der Waals surface area contributed by atoms with Crippen molar-refractivity contribution < 1.29 is 9.90 Å². The number of carbonyl (C=O) groups is 1. The predicted molar refractivity (Wildman–Crippen MR) is 51.8 cm³/mol. The minimum absolute atomic E-state index is 0.375. The van der Waals surface area contributed by atoms with Crippen molar-refractivity contribution in [2.75, 3.05) is 0 Å². The van der Waals surface area contributed by atoms with Crippen molar-refractivity contribution >= 4 is 5.97 Å². The fourth-order valence-electron chi connectivity index (χ4n) is 1.12. The van der Waals surface area contributed by atoms with Crippen molar-refractivity contribution in [2.24, 2.45) is 5.41 Å². The van der Waals surface area contributed by atoms with Crippen molar-refractivity contribution in [1.29, 1.82) is 0 Å². The van der Waals surface area contributed by atoms with Crippen LogP contribution < -0.4 is 0 Å². The van der Waals surface area contributed by atoms with Crippen molar-refractivity contribution in [2.45, 2.75) is 26.7 Å². The van der Waals surface area contributed by atoms with Crippen LogP contribution in [0.15, 0.2) is 18.5 Å². The molecule has 4 heteroatoms. The van der Waals surface area contributed by atoms with Crippen LogP contribution in [0.25, 0.3) is 0 Å². The fraction of sp³-hybridized carbons (Fsp3) is 0.500. The summed E-state index contributed by atoms with van der Waals surface area (Å²) in [6.45, 7) is 3.57. The first kappa shape index (κ1) is 10.6. The number of hydrogen-bond acceptors (Lipinski definition) is 3. The Labute approximate surface area is 83.0 Å². The van der Waals surface area contributed by atoms with Gasteiger partial charge in [0.2, 0.25) is 0 Å². The van der Waals surface area contributed by atoms with Crippen LogP contribution in [0.3, 0.4) is 0 Å². The molecule has 0 radical (unpaired) electrons. The molecule has 76 valence electrons. The van der Waals surface area contributed by atoms with E-state index in [2.05, 4.69) is 9.97 Å². The number of aromatic nitrogens is 2. The molecule has 0 bridgehead atoms. The maximum absolute atomic E-state index is 11.0. The van der Waals surface area contributed by atoms with Gasteiger partial charge in [0.05, 0.1) is 5.41 Å². The Hall–Kier alpha value is -1.45. The Balaban J connectivity index is 2.81. The number of rotatable bonds is 4. The van der Waals surface area contributed by atoms with Crippen molar-refractivity contribution in [3.8, 4) is 0 Å². The normalized spacial score (nSPS) is 14.7. The highest BCUT2D eigenvalue weighted by Crippen LogP contribution is 2.25. The summed E-state index contributed by atoms with van der Waals surface area (Å²) >= 11 is 0. The van der Waals surface area contributed by atoms with Gasteiger partial charge >= 0.3 is 5.97 Å². The van der Waals surface area contributed by atoms with Crippen LogP contribution in [0.1, 0.15) is 26.1 Å². The van der Waals surface area contributed by atoms with Gasteiger partial charge in [-0.15, -0.1) is 0 Å². The van der Waals surface area contributed by atoms with Crippen LogP contribution in [0.5, 0.6) is 0 Å². The number of carboxylic acid groups (broad SMARTS) is 1. The van der Waals surface area contributed by atoms with E-state index in [0.717, 1.165) is 0 Å². The number of hydrogen-bond donors (Lipinski definition) is 1. The molecule has 0 saturated carbocycles. The highest BCUT2D eigenvalue weighted by Gasteiger charge is 2.32. The molecule has 14 heavy (non-hydrogen) atoms. The average Bonchev–Trinajstić information content (AvgIpc) is 2.19. The lowest BCUT2D eigenvalue weighted by Gasteiger charge is -2.21. The van der Waals surface area contributed by atoms with E-state index < -0.39 is 11.4 Å². The first-order chi connectivity index (χ1) is 6.58. The Morgan fingerprint density at radius 3 is 2.50 bits per heavy atom. The molecule has 1 aromatic heterocycles. The molecule has 0 aromatic carbocycles. The van der Waals surface area contributed by atoms with E-state index in [1.54, 1.807) is 25.4 Å². The topological polar surface area (TPSA) is 63.1 Å². The summed E-state index contributed by atoms with van der Waals surface area (Å²) in [5.74, 6) is -0.216. The molecular weight excluding hydrogens is 180 g/mol. The maximum atomic E-state index is 11.0. The summed E-state index contributed by atoms with van der Waals surface area (Å²) in [5, 5.41) is 9.04. The SMILES string of the molecule is CCC(C)(Cc1ncccn1)C(=O)O. The van der Waals surface area contributed by atoms with Crippen molar-refractivity contribution in [1.82, 2.24) is 9.97 Å². The molecule has 0 aliphatic heterocycles. The Morgan fingerprint density at radius 2 is 2.07 bits per heavy atom. The van der Waals surface area contributed by atoms with Gasteiger partial charge in [-0.1, -0.05) is 6.92 Å². The van der Waals surface area contributed by atoms with Crippen molar-refractivity contribution in [3.05, 3.63) is 24.3 Å². The van der Waals surface area contributed by atoms with Gasteiger partial charge in [0.25, 0.3) is 0 Å². The molecule has 1 atom stereocenters. The zero-order valence-electron chi connectivity index (χ0n) is 8.40. The summed E-state index contributed by atoms with van der Waals surface area (Å²) in [5.41, 5.74) is -0.763. The first-order valence-electron chi connectivity index (χ1n) is 4.58. The van der Waals surface area contributed by atoms with Gasteiger partial charge in [0.15, 0.2) is 0 Å². The summed E-state index contributed by atoms with van der Waals surface area (Å²) in [4.78, 5) is 19.0. The Bertz CT molecular complexity index is 313. The van der Waals surface area contributed by atoms with Gasteiger partial charge in [-0.25, -0.2) is 9.97 Å². The van der Waals surface area contributed by atoms with E-state index in [-0.39, 0.29) is 0 Å². The summed E-state index contributed by atoms with van der Waals surface area (Å²) in [7, 11) is 0. The number of aliphatic carboxylic acids is 1. The summed E-state index contributed by atoms with van der Waals surface area (Å²) in [6.07, 6.45) is 4.20. The van der Waals surface area contributed by atoms with Crippen LogP contribution in [-0.2, 0) is 11.2 Å². The second-order valence-electron chi connectivity index (χ2n) is 3.56. The van der Waals surface area contributed by atoms with E-state index in [0.29, 0.717) is 18.7 Å². The standard InChI is InChI=1S/C10H14N2O2/c1-3-10(2,9(13)14)7-8-11-5-4-6-12-8/h4-6H,3,7H2,1-2H3,(H,13,14). The largest absolute Gasteiger partial charge is 0.481 e. The van der Waals surface area contributed by atoms with Crippen LogP contribution in [0.2, 0.25) is 0 Å². The second kappa shape index (κ2) is 4.17. The molecule has 4 nitrogen and oxygen atoms in total. The van der Waals surface area contributed by atoms with E-state index >= 15 is 0 Å².